The first-order chi connectivity index (χ1) is 12.1. The number of methoxy groups -OCH3 is 1. The summed E-state index contributed by atoms with van der Waals surface area (Å²) in [5.41, 5.74) is 1.13. The molecule has 7 heteroatoms. The van der Waals surface area contributed by atoms with Gasteiger partial charge < -0.3 is 14.7 Å². The molecule has 1 aromatic heterocycles. The zero-order valence-corrected chi connectivity index (χ0v) is 14.1. The van der Waals surface area contributed by atoms with Crippen LogP contribution in [0.1, 0.15) is 34.8 Å². The van der Waals surface area contributed by atoms with E-state index < -0.39 is 5.97 Å². The van der Waals surface area contributed by atoms with Crippen LogP contribution in [0, 0.1) is 0 Å². The Morgan fingerprint density at radius 1 is 1.32 bits per heavy atom. The van der Waals surface area contributed by atoms with E-state index in [1.165, 1.54) is 6.20 Å². The summed E-state index contributed by atoms with van der Waals surface area (Å²) >= 11 is 0. The smallest absolute Gasteiger partial charge is 0.338 e. The first kappa shape index (κ1) is 17.0. The van der Waals surface area contributed by atoms with Crippen LogP contribution in [0.25, 0.3) is 0 Å². The quantitative estimate of drug-likeness (QED) is 0.897. The molecule has 1 saturated heterocycles. The number of hydrogen-bond donors (Lipinski definition) is 1. The number of nitrogens with zero attached hydrogens (tertiary/aromatic N) is 3. The van der Waals surface area contributed by atoms with Gasteiger partial charge in [-0.2, -0.15) is 5.10 Å². The molecular formula is C18H21N3O4. The number of aromatic carboxylic acids is 1. The van der Waals surface area contributed by atoms with Gasteiger partial charge in [-0.05, 0) is 30.5 Å². The van der Waals surface area contributed by atoms with Crippen molar-refractivity contribution in [3.8, 4) is 5.75 Å². The van der Waals surface area contributed by atoms with Gasteiger partial charge in [0.25, 0.3) is 0 Å². The minimum absolute atomic E-state index is 0.0957. The highest BCUT2D eigenvalue weighted by atomic mass is 16.5. The molecule has 1 aliphatic rings. The molecule has 0 unspecified atom stereocenters. The summed E-state index contributed by atoms with van der Waals surface area (Å²) in [6.45, 7) is 1.30. The molecular weight excluding hydrogens is 322 g/mol. The molecule has 1 aromatic carbocycles. The fourth-order valence-electron chi connectivity index (χ4n) is 3.10. The highest BCUT2D eigenvalue weighted by Crippen LogP contribution is 2.23. The topological polar surface area (TPSA) is 84.7 Å². The number of hydrogen-bond acceptors (Lipinski definition) is 4. The Balaban J connectivity index is 1.55. The van der Waals surface area contributed by atoms with Gasteiger partial charge in [0.05, 0.1) is 31.3 Å². The van der Waals surface area contributed by atoms with Crippen LogP contribution in [0.15, 0.2) is 36.7 Å². The van der Waals surface area contributed by atoms with Crippen molar-refractivity contribution in [2.24, 2.45) is 0 Å². The van der Waals surface area contributed by atoms with Gasteiger partial charge in [0.2, 0.25) is 5.91 Å². The van der Waals surface area contributed by atoms with Crippen LogP contribution >= 0.6 is 0 Å². The van der Waals surface area contributed by atoms with Crippen LogP contribution in [-0.2, 0) is 11.2 Å². The molecule has 0 saturated carbocycles. The van der Waals surface area contributed by atoms with E-state index in [9.17, 15) is 9.59 Å². The van der Waals surface area contributed by atoms with E-state index in [1.807, 2.05) is 29.2 Å². The molecule has 0 radical (unpaired) electrons. The minimum atomic E-state index is -0.975. The third-order valence-corrected chi connectivity index (χ3v) is 4.53. The van der Waals surface area contributed by atoms with Crippen LogP contribution in [0.4, 0.5) is 0 Å². The monoisotopic (exact) mass is 343 g/mol. The van der Waals surface area contributed by atoms with Crippen LogP contribution in [-0.4, -0.2) is 51.9 Å². The molecule has 0 aliphatic carbocycles. The highest BCUT2D eigenvalue weighted by molar-refractivity contribution is 5.86. The third-order valence-electron chi connectivity index (χ3n) is 4.53. The molecule has 132 valence electrons. The Kier molecular flexibility index (Phi) is 5.02. The summed E-state index contributed by atoms with van der Waals surface area (Å²) < 4.78 is 6.89. The van der Waals surface area contributed by atoms with E-state index >= 15 is 0 Å². The van der Waals surface area contributed by atoms with E-state index in [0.29, 0.717) is 19.5 Å². The van der Waals surface area contributed by atoms with Gasteiger partial charge in [0.15, 0.2) is 0 Å². The first-order valence-corrected chi connectivity index (χ1v) is 8.25. The van der Waals surface area contributed by atoms with E-state index in [-0.39, 0.29) is 17.5 Å². The fourth-order valence-corrected chi connectivity index (χ4v) is 3.10. The summed E-state index contributed by atoms with van der Waals surface area (Å²) in [6.07, 6.45) is 4.81. The van der Waals surface area contributed by atoms with E-state index in [0.717, 1.165) is 24.2 Å². The fraction of sp³-hybridized carbons (Fsp3) is 0.389. The Morgan fingerprint density at radius 3 is 2.72 bits per heavy atom. The van der Waals surface area contributed by atoms with Gasteiger partial charge in [0.1, 0.15) is 5.75 Å². The van der Waals surface area contributed by atoms with Gasteiger partial charge in [0, 0.05) is 19.3 Å². The second-order valence-corrected chi connectivity index (χ2v) is 6.15. The first-order valence-electron chi connectivity index (χ1n) is 8.25. The van der Waals surface area contributed by atoms with Gasteiger partial charge >= 0.3 is 5.97 Å². The number of carbonyl (C=O) groups is 2. The number of aromatic nitrogens is 2. The molecule has 1 amide bonds. The third kappa shape index (κ3) is 3.99. The summed E-state index contributed by atoms with van der Waals surface area (Å²) in [7, 11) is 1.61. The molecule has 2 heterocycles. The Labute approximate surface area is 145 Å². The second-order valence-electron chi connectivity index (χ2n) is 6.15. The zero-order chi connectivity index (χ0) is 17.8. The largest absolute Gasteiger partial charge is 0.497 e. The highest BCUT2D eigenvalue weighted by Gasteiger charge is 2.24. The van der Waals surface area contributed by atoms with Crippen molar-refractivity contribution in [2.45, 2.75) is 25.3 Å². The lowest BCUT2D eigenvalue weighted by molar-refractivity contribution is -0.131. The maximum absolute atomic E-state index is 12.5. The molecule has 0 bridgehead atoms. The summed E-state index contributed by atoms with van der Waals surface area (Å²) in [5, 5.41) is 13.1. The molecule has 1 N–H and O–H groups in total. The standard InChI is InChI=1S/C18H21N3O4/c1-25-16-4-2-3-13(9-16)10-17(22)20-7-5-15(6-8-20)21-12-14(11-19-21)18(23)24/h2-4,9,11-12,15H,5-8,10H2,1H3,(H,23,24). The van der Waals surface area contributed by atoms with Gasteiger partial charge in [-0.15, -0.1) is 0 Å². The molecule has 0 spiro atoms. The number of piperidine rings is 1. The molecule has 2 aromatic rings. The SMILES string of the molecule is COc1cccc(CC(=O)N2CCC(n3cc(C(=O)O)cn3)CC2)c1. The van der Waals surface area contributed by atoms with Crippen molar-refractivity contribution in [3.63, 3.8) is 0 Å². The predicted octanol–water partition coefficient (Wildman–Crippen LogP) is 2.00. The Bertz CT molecular complexity index is 763. The lowest BCUT2D eigenvalue weighted by atomic mass is 10.0. The van der Waals surface area contributed by atoms with Crippen LogP contribution in [0.5, 0.6) is 5.75 Å². The Morgan fingerprint density at radius 2 is 2.08 bits per heavy atom. The van der Waals surface area contributed by atoms with Gasteiger partial charge in [-0.25, -0.2) is 4.79 Å². The molecule has 0 atom stereocenters. The summed E-state index contributed by atoms with van der Waals surface area (Å²) in [4.78, 5) is 25.3. The average molecular weight is 343 g/mol. The Hall–Kier alpha value is -2.83. The van der Waals surface area contributed by atoms with Crippen molar-refractivity contribution >= 4 is 11.9 Å². The molecule has 25 heavy (non-hydrogen) atoms. The minimum Gasteiger partial charge on any atom is -0.497 e. The number of rotatable bonds is 5. The number of carboxylic acid groups (broad SMARTS) is 1. The van der Waals surface area contributed by atoms with Crippen molar-refractivity contribution in [1.29, 1.82) is 0 Å². The van der Waals surface area contributed by atoms with Crippen molar-refractivity contribution < 1.29 is 19.4 Å². The zero-order valence-electron chi connectivity index (χ0n) is 14.1. The number of likely N-dealkylation sites (tertiary alicyclic amines) is 1. The van der Waals surface area contributed by atoms with Crippen molar-refractivity contribution in [2.75, 3.05) is 20.2 Å². The molecule has 7 nitrogen and oxygen atoms in total. The van der Waals surface area contributed by atoms with E-state index in [2.05, 4.69) is 5.10 Å². The summed E-state index contributed by atoms with van der Waals surface area (Å²) in [5.74, 6) is -0.132. The number of carboxylic acids is 1. The maximum atomic E-state index is 12.5. The number of ether oxygens (including phenoxy) is 1. The number of carbonyl (C=O) groups excluding carboxylic acids is 1. The van der Waals surface area contributed by atoms with Gasteiger partial charge in [-0.3, -0.25) is 9.48 Å². The van der Waals surface area contributed by atoms with Crippen LogP contribution in [0.3, 0.4) is 0 Å². The lowest BCUT2D eigenvalue weighted by Gasteiger charge is -2.32. The van der Waals surface area contributed by atoms with E-state index in [4.69, 9.17) is 9.84 Å². The van der Waals surface area contributed by atoms with E-state index in [1.54, 1.807) is 18.0 Å². The normalized spacial score (nSPS) is 15.2. The van der Waals surface area contributed by atoms with Crippen molar-refractivity contribution in [1.82, 2.24) is 14.7 Å². The molecule has 1 aliphatic heterocycles. The number of amides is 1. The lowest BCUT2D eigenvalue weighted by Crippen LogP contribution is -2.40. The average Bonchev–Trinajstić information content (AvgIpc) is 3.12. The van der Waals surface area contributed by atoms with Crippen LogP contribution in [0.2, 0.25) is 0 Å². The molecule has 1 fully saturated rings. The van der Waals surface area contributed by atoms with Gasteiger partial charge in [-0.1, -0.05) is 12.1 Å². The molecule has 3 rings (SSSR count). The van der Waals surface area contributed by atoms with Crippen molar-refractivity contribution in [3.05, 3.63) is 47.8 Å². The van der Waals surface area contributed by atoms with Crippen LogP contribution < -0.4 is 4.74 Å². The maximum Gasteiger partial charge on any atom is 0.338 e. The predicted molar refractivity (Wildman–Crippen MR) is 90.7 cm³/mol. The summed E-state index contributed by atoms with van der Waals surface area (Å²) in [6, 6.07) is 7.67. The number of benzene rings is 1. The second kappa shape index (κ2) is 7.38.